The van der Waals surface area contributed by atoms with Crippen molar-refractivity contribution in [3.05, 3.63) is 64.7 Å². The van der Waals surface area contributed by atoms with Crippen molar-refractivity contribution >= 4 is 11.8 Å². The van der Waals surface area contributed by atoms with Crippen molar-refractivity contribution in [2.24, 2.45) is 0 Å². The highest BCUT2D eigenvalue weighted by Gasteiger charge is 2.28. The van der Waals surface area contributed by atoms with Crippen molar-refractivity contribution in [3.8, 4) is 5.75 Å². The van der Waals surface area contributed by atoms with Crippen molar-refractivity contribution in [1.82, 2.24) is 10.2 Å². The third kappa shape index (κ3) is 7.42. The zero-order valence-electron chi connectivity index (χ0n) is 19.9. The lowest BCUT2D eigenvalue weighted by Crippen LogP contribution is -2.53. The molecular formula is C26H36N2O3. The molecule has 1 atom stereocenters. The number of ether oxygens (including phenoxy) is 1. The first kappa shape index (κ1) is 24.4. The van der Waals surface area contributed by atoms with Gasteiger partial charge < -0.3 is 15.0 Å². The van der Waals surface area contributed by atoms with Gasteiger partial charge in [0.1, 0.15) is 11.8 Å². The maximum Gasteiger partial charge on any atom is 0.261 e. The Hall–Kier alpha value is -2.82. The first-order valence-corrected chi connectivity index (χ1v) is 10.8. The number of aryl methyl sites for hydroxylation is 2. The van der Waals surface area contributed by atoms with E-state index in [1.165, 1.54) is 0 Å². The highest BCUT2D eigenvalue weighted by atomic mass is 16.5. The minimum atomic E-state index is -0.598. The number of amides is 2. The summed E-state index contributed by atoms with van der Waals surface area (Å²) in [7, 11) is 0. The van der Waals surface area contributed by atoms with E-state index < -0.39 is 6.04 Å². The van der Waals surface area contributed by atoms with Crippen molar-refractivity contribution in [3.63, 3.8) is 0 Å². The Balaban J connectivity index is 2.15. The average molecular weight is 425 g/mol. The quantitative estimate of drug-likeness (QED) is 0.685. The second-order valence-corrected chi connectivity index (χ2v) is 9.23. The predicted octanol–water partition coefficient (Wildman–Crippen LogP) is 4.37. The van der Waals surface area contributed by atoms with Gasteiger partial charge in [0.25, 0.3) is 5.91 Å². The van der Waals surface area contributed by atoms with Crippen LogP contribution in [0.15, 0.2) is 42.5 Å². The van der Waals surface area contributed by atoms with E-state index in [2.05, 4.69) is 11.4 Å². The van der Waals surface area contributed by atoms with Crippen LogP contribution in [0, 0.1) is 20.8 Å². The van der Waals surface area contributed by atoms with Crippen LogP contribution in [-0.4, -0.2) is 41.4 Å². The van der Waals surface area contributed by atoms with Crippen molar-refractivity contribution in [1.29, 1.82) is 0 Å². The van der Waals surface area contributed by atoms with Gasteiger partial charge in [0.05, 0.1) is 0 Å². The van der Waals surface area contributed by atoms with Crippen LogP contribution in [0.5, 0.6) is 5.75 Å². The minimum Gasteiger partial charge on any atom is -0.483 e. The van der Waals surface area contributed by atoms with Gasteiger partial charge in [-0.05, 0) is 83.2 Å². The summed E-state index contributed by atoms with van der Waals surface area (Å²) in [5.74, 6) is 0.336. The number of hydrogen-bond acceptors (Lipinski definition) is 3. The number of rotatable bonds is 8. The Morgan fingerprint density at radius 2 is 1.71 bits per heavy atom. The Kier molecular flexibility index (Phi) is 8.26. The fourth-order valence-electron chi connectivity index (χ4n) is 3.42. The van der Waals surface area contributed by atoms with Crippen LogP contribution in [0.4, 0.5) is 0 Å². The number of hydrogen-bond donors (Lipinski definition) is 1. The maximum atomic E-state index is 13.2. The fraction of sp³-hybridized carbons (Fsp3) is 0.462. The number of nitrogens with zero attached hydrogens (tertiary/aromatic N) is 1. The normalized spacial score (nSPS) is 12.2. The Morgan fingerprint density at radius 1 is 1.06 bits per heavy atom. The first-order valence-electron chi connectivity index (χ1n) is 10.8. The summed E-state index contributed by atoms with van der Waals surface area (Å²) in [4.78, 5) is 27.6. The van der Waals surface area contributed by atoms with E-state index in [9.17, 15) is 9.59 Å². The largest absolute Gasteiger partial charge is 0.483 e. The van der Waals surface area contributed by atoms with Gasteiger partial charge in [0.15, 0.2) is 6.61 Å². The molecule has 5 heteroatoms. The van der Waals surface area contributed by atoms with E-state index in [-0.39, 0.29) is 24.0 Å². The van der Waals surface area contributed by atoms with Gasteiger partial charge in [-0.25, -0.2) is 0 Å². The Morgan fingerprint density at radius 3 is 2.32 bits per heavy atom. The highest BCUT2D eigenvalue weighted by molar-refractivity contribution is 5.88. The molecule has 0 fully saturated rings. The maximum absolute atomic E-state index is 13.2. The highest BCUT2D eigenvalue weighted by Crippen LogP contribution is 2.23. The molecule has 0 saturated heterocycles. The molecule has 0 spiro atoms. The molecule has 0 radical (unpaired) electrons. The van der Waals surface area contributed by atoms with Gasteiger partial charge in [-0.2, -0.15) is 0 Å². The molecule has 168 valence electrons. The first-order chi connectivity index (χ1) is 14.5. The third-order valence-electron chi connectivity index (χ3n) is 5.26. The molecule has 0 aliphatic rings. The van der Waals surface area contributed by atoms with Gasteiger partial charge >= 0.3 is 0 Å². The van der Waals surface area contributed by atoms with E-state index >= 15 is 0 Å². The smallest absolute Gasteiger partial charge is 0.261 e. The molecule has 0 aliphatic carbocycles. The molecule has 2 amide bonds. The van der Waals surface area contributed by atoms with Crippen LogP contribution in [-0.2, 0) is 16.0 Å². The summed E-state index contributed by atoms with van der Waals surface area (Å²) in [6.45, 7) is 13.9. The van der Waals surface area contributed by atoms with Crippen LogP contribution in [0.1, 0.15) is 49.9 Å². The van der Waals surface area contributed by atoms with Crippen LogP contribution in [0.25, 0.3) is 0 Å². The van der Waals surface area contributed by atoms with Crippen molar-refractivity contribution in [2.45, 2.75) is 66.5 Å². The number of nitrogens with one attached hydrogen (secondary N) is 1. The molecule has 0 aliphatic heterocycles. The second-order valence-electron chi connectivity index (χ2n) is 9.23. The van der Waals surface area contributed by atoms with Crippen molar-refractivity contribution in [2.75, 3.05) is 13.2 Å². The number of carbonyl (C=O) groups excluding carboxylic acids is 2. The van der Waals surface area contributed by atoms with Crippen LogP contribution in [0.3, 0.4) is 0 Å². The topological polar surface area (TPSA) is 58.6 Å². The SMILES string of the molecule is Cc1cc(C)c(C)c(OCC(=O)N(CCc2ccccc2)C(C)C(=O)NC(C)(C)C)c1. The molecule has 31 heavy (non-hydrogen) atoms. The van der Waals surface area contributed by atoms with E-state index in [1.54, 1.807) is 11.8 Å². The average Bonchev–Trinajstić information content (AvgIpc) is 2.69. The number of carbonyl (C=O) groups is 2. The Labute approximate surface area is 186 Å². The molecular weight excluding hydrogens is 388 g/mol. The Bertz CT molecular complexity index is 901. The van der Waals surface area contributed by atoms with Crippen LogP contribution < -0.4 is 10.1 Å². The fourth-order valence-corrected chi connectivity index (χ4v) is 3.42. The molecule has 0 saturated carbocycles. The molecule has 2 aromatic carbocycles. The molecule has 2 aromatic rings. The lowest BCUT2D eigenvalue weighted by atomic mass is 10.1. The molecule has 0 aromatic heterocycles. The van der Waals surface area contributed by atoms with Crippen LogP contribution in [0.2, 0.25) is 0 Å². The molecule has 5 nitrogen and oxygen atoms in total. The van der Waals surface area contributed by atoms with Gasteiger partial charge in [-0.3, -0.25) is 9.59 Å². The summed E-state index contributed by atoms with van der Waals surface area (Å²) in [6.07, 6.45) is 0.669. The second kappa shape index (κ2) is 10.5. The lowest BCUT2D eigenvalue weighted by Gasteiger charge is -2.31. The zero-order chi connectivity index (χ0) is 23.2. The summed E-state index contributed by atoms with van der Waals surface area (Å²) in [6, 6.07) is 13.4. The minimum absolute atomic E-state index is 0.105. The summed E-state index contributed by atoms with van der Waals surface area (Å²) >= 11 is 0. The third-order valence-corrected chi connectivity index (χ3v) is 5.26. The van der Waals surface area contributed by atoms with Crippen molar-refractivity contribution < 1.29 is 14.3 Å². The van der Waals surface area contributed by atoms with Gasteiger partial charge in [-0.15, -0.1) is 0 Å². The molecule has 0 bridgehead atoms. The summed E-state index contributed by atoms with van der Waals surface area (Å²) < 4.78 is 5.90. The van der Waals surface area contributed by atoms with Crippen LogP contribution >= 0.6 is 0 Å². The molecule has 1 unspecified atom stereocenters. The zero-order valence-corrected chi connectivity index (χ0v) is 19.9. The molecule has 0 heterocycles. The number of benzene rings is 2. The van der Waals surface area contributed by atoms with Gasteiger partial charge in [0, 0.05) is 12.1 Å². The van der Waals surface area contributed by atoms with Gasteiger partial charge in [0.2, 0.25) is 5.91 Å². The van der Waals surface area contributed by atoms with E-state index in [0.717, 1.165) is 22.3 Å². The summed E-state index contributed by atoms with van der Waals surface area (Å²) in [5.41, 5.74) is 3.99. The molecule has 1 N–H and O–H groups in total. The van der Waals surface area contributed by atoms with E-state index in [0.29, 0.717) is 18.7 Å². The standard InChI is InChI=1S/C26H36N2O3/c1-18-15-19(2)20(3)23(16-18)31-17-24(29)28(14-13-22-11-9-8-10-12-22)21(4)25(30)27-26(5,6)7/h8-12,15-16,21H,13-14,17H2,1-7H3,(H,27,30). The molecule has 2 rings (SSSR count). The van der Waals surface area contributed by atoms with E-state index in [4.69, 9.17) is 4.74 Å². The lowest BCUT2D eigenvalue weighted by molar-refractivity contribution is -0.142. The van der Waals surface area contributed by atoms with E-state index in [1.807, 2.05) is 77.9 Å². The monoisotopic (exact) mass is 424 g/mol. The predicted molar refractivity (Wildman–Crippen MR) is 125 cm³/mol. The van der Waals surface area contributed by atoms with Gasteiger partial charge in [-0.1, -0.05) is 36.4 Å². The summed E-state index contributed by atoms with van der Waals surface area (Å²) in [5, 5.41) is 2.98.